The summed E-state index contributed by atoms with van der Waals surface area (Å²) in [6.07, 6.45) is 5.52. The normalized spacial score (nSPS) is 27.8. The first-order valence-corrected chi connectivity index (χ1v) is 6.54. The van der Waals surface area contributed by atoms with Crippen LogP contribution in [0.1, 0.15) is 52.9 Å². The van der Waals surface area contributed by atoms with Gasteiger partial charge in [0.1, 0.15) is 0 Å². The molecule has 2 atom stereocenters. The van der Waals surface area contributed by atoms with Crippen LogP contribution in [-0.2, 0) is 4.74 Å². The summed E-state index contributed by atoms with van der Waals surface area (Å²) in [6.45, 7) is 7.74. The van der Waals surface area contributed by atoms with Gasteiger partial charge in [0.15, 0.2) is 0 Å². The number of hydrogen-bond acceptors (Lipinski definition) is 3. The third-order valence-electron chi connectivity index (χ3n) is 3.02. The van der Waals surface area contributed by atoms with Crippen molar-refractivity contribution in [2.75, 3.05) is 13.2 Å². The van der Waals surface area contributed by atoms with Gasteiger partial charge in [0, 0.05) is 12.6 Å². The fraction of sp³-hybridized carbons (Fsp3) is 1.00. The lowest BCUT2D eigenvalue weighted by atomic mass is 10.1. The number of ether oxygens (including phenoxy) is 1. The standard InChI is InChI=1S/C13H27NO2/c1-13(2,3)16-10-9-14-11-7-5-4-6-8-12(11)15/h11-12,14-15H,4-10H2,1-3H3. The van der Waals surface area contributed by atoms with Crippen LogP contribution in [0.2, 0.25) is 0 Å². The Morgan fingerprint density at radius 3 is 2.56 bits per heavy atom. The maximum Gasteiger partial charge on any atom is 0.0693 e. The van der Waals surface area contributed by atoms with Crippen molar-refractivity contribution in [3.8, 4) is 0 Å². The van der Waals surface area contributed by atoms with Crippen molar-refractivity contribution in [1.29, 1.82) is 0 Å². The van der Waals surface area contributed by atoms with Crippen LogP contribution in [0.25, 0.3) is 0 Å². The number of aliphatic hydroxyl groups excluding tert-OH is 1. The second kappa shape index (κ2) is 6.58. The zero-order valence-corrected chi connectivity index (χ0v) is 11.0. The van der Waals surface area contributed by atoms with E-state index >= 15 is 0 Å². The van der Waals surface area contributed by atoms with Gasteiger partial charge < -0.3 is 15.2 Å². The van der Waals surface area contributed by atoms with Crippen LogP contribution < -0.4 is 5.32 Å². The molecule has 1 aliphatic carbocycles. The Bertz CT molecular complexity index is 189. The summed E-state index contributed by atoms with van der Waals surface area (Å²) in [7, 11) is 0. The highest BCUT2D eigenvalue weighted by Gasteiger charge is 2.20. The molecule has 3 nitrogen and oxygen atoms in total. The molecule has 2 N–H and O–H groups in total. The van der Waals surface area contributed by atoms with Crippen LogP contribution in [0.15, 0.2) is 0 Å². The summed E-state index contributed by atoms with van der Waals surface area (Å²) in [5, 5.41) is 13.3. The number of nitrogens with one attached hydrogen (secondary N) is 1. The molecule has 1 fully saturated rings. The Balaban J connectivity index is 2.15. The van der Waals surface area contributed by atoms with Gasteiger partial charge in [-0.2, -0.15) is 0 Å². The molecule has 96 valence electrons. The molecule has 0 radical (unpaired) electrons. The summed E-state index contributed by atoms with van der Waals surface area (Å²) in [5.74, 6) is 0. The predicted octanol–water partition coefficient (Wildman–Crippen LogP) is 2.08. The van der Waals surface area contributed by atoms with Gasteiger partial charge in [-0.1, -0.05) is 19.3 Å². The summed E-state index contributed by atoms with van der Waals surface area (Å²) < 4.78 is 5.64. The summed E-state index contributed by atoms with van der Waals surface area (Å²) in [6, 6.07) is 0.270. The molecule has 0 aromatic rings. The van der Waals surface area contributed by atoms with Crippen LogP contribution in [0.3, 0.4) is 0 Å². The van der Waals surface area contributed by atoms with Gasteiger partial charge in [-0.05, 0) is 33.6 Å². The highest BCUT2D eigenvalue weighted by molar-refractivity contribution is 4.78. The molecule has 0 bridgehead atoms. The lowest BCUT2D eigenvalue weighted by Gasteiger charge is -2.24. The van der Waals surface area contributed by atoms with E-state index in [4.69, 9.17) is 4.74 Å². The van der Waals surface area contributed by atoms with Gasteiger partial charge in [0.05, 0.1) is 18.3 Å². The van der Waals surface area contributed by atoms with Crippen molar-refractivity contribution < 1.29 is 9.84 Å². The molecule has 0 heterocycles. The van der Waals surface area contributed by atoms with Gasteiger partial charge in [0.25, 0.3) is 0 Å². The molecule has 1 saturated carbocycles. The molecular formula is C13H27NO2. The monoisotopic (exact) mass is 229 g/mol. The Hall–Kier alpha value is -0.120. The smallest absolute Gasteiger partial charge is 0.0693 e. The molecule has 0 aliphatic heterocycles. The minimum absolute atomic E-state index is 0.0657. The van der Waals surface area contributed by atoms with Crippen LogP contribution >= 0.6 is 0 Å². The van der Waals surface area contributed by atoms with Gasteiger partial charge in [-0.3, -0.25) is 0 Å². The third-order valence-corrected chi connectivity index (χ3v) is 3.02. The Morgan fingerprint density at radius 1 is 1.19 bits per heavy atom. The van der Waals surface area contributed by atoms with E-state index in [0.717, 1.165) is 25.8 Å². The van der Waals surface area contributed by atoms with E-state index in [1.54, 1.807) is 0 Å². The summed E-state index contributed by atoms with van der Waals surface area (Å²) >= 11 is 0. The fourth-order valence-electron chi connectivity index (χ4n) is 2.13. The second-order valence-electron chi connectivity index (χ2n) is 5.73. The molecule has 3 heteroatoms. The van der Waals surface area contributed by atoms with Crippen molar-refractivity contribution >= 4 is 0 Å². The maximum absolute atomic E-state index is 9.90. The first-order chi connectivity index (χ1) is 7.49. The molecule has 16 heavy (non-hydrogen) atoms. The van der Waals surface area contributed by atoms with E-state index in [9.17, 15) is 5.11 Å². The Morgan fingerprint density at radius 2 is 1.88 bits per heavy atom. The number of rotatable bonds is 4. The molecule has 0 amide bonds. The quantitative estimate of drug-likeness (QED) is 0.573. The van der Waals surface area contributed by atoms with Gasteiger partial charge >= 0.3 is 0 Å². The minimum atomic E-state index is -0.169. The second-order valence-corrected chi connectivity index (χ2v) is 5.73. The molecular weight excluding hydrogens is 202 g/mol. The molecule has 0 aromatic heterocycles. The molecule has 0 spiro atoms. The van der Waals surface area contributed by atoms with Gasteiger partial charge in [-0.15, -0.1) is 0 Å². The average molecular weight is 229 g/mol. The van der Waals surface area contributed by atoms with E-state index in [1.165, 1.54) is 12.8 Å². The lowest BCUT2D eigenvalue weighted by Crippen LogP contribution is -2.41. The van der Waals surface area contributed by atoms with Gasteiger partial charge in [0.2, 0.25) is 0 Å². The zero-order chi connectivity index (χ0) is 12.0. The SMILES string of the molecule is CC(C)(C)OCCNC1CCCCCC1O. The fourth-order valence-corrected chi connectivity index (χ4v) is 2.13. The molecule has 0 aromatic carbocycles. The molecule has 1 rings (SSSR count). The van der Waals surface area contributed by atoms with Crippen molar-refractivity contribution in [2.45, 2.75) is 70.6 Å². The van der Waals surface area contributed by atoms with Crippen molar-refractivity contribution in [1.82, 2.24) is 5.32 Å². The zero-order valence-electron chi connectivity index (χ0n) is 11.0. The van der Waals surface area contributed by atoms with E-state index in [1.807, 2.05) is 0 Å². The molecule has 2 unspecified atom stereocenters. The van der Waals surface area contributed by atoms with Crippen molar-refractivity contribution in [3.63, 3.8) is 0 Å². The van der Waals surface area contributed by atoms with Crippen LogP contribution in [0.4, 0.5) is 0 Å². The predicted molar refractivity (Wildman–Crippen MR) is 66.6 cm³/mol. The minimum Gasteiger partial charge on any atom is -0.392 e. The van der Waals surface area contributed by atoms with Crippen LogP contribution in [-0.4, -0.2) is 36.0 Å². The molecule has 1 aliphatic rings. The molecule has 0 saturated heterocycles. The topological polar surface area (TPSA) is 41.5 Å². The first-order valence-electron chi connectivity index (χ1n) is 6.54. The van der Waals surface area contributed by atoms with Gasteiger partial charge in [-0.25, -0.2) is 0 Å². The van der Waals surface area contributed by atoms with Crippen LogP contribution in [0.5, 0.6) is 0 Å². The Labute approximate surface area is 99.6 Å². The average Bonchev–Trinajstić information content (AvgIpc) is 2.37. The summed E-state index contributed by atoms with van der Waals surface area (Å²) in [4.78, 5) is 0. The number of hydrogen-bond donors (Lipinski definition) is 2. The highest BCUT2D eigenvalue weighted by Crippen LogP contribution is 2.17. The van der Waals surface area contributed by atoms with Crippen molar-refractivity contribution in [3.05, 3.63) is 0 Å². The van der Waals surface area contributed by atoms with Crippen molar-refractivity contribution in [2.24, 2.45) is 0 Å². The van der Waals surface area contributed by atoms with E-state index in [2.05, 4.69) is 26.1 Å². The lowest BCUT2D eigenvalue weighted by molar-refractivity contribution is -0.00366. The maximum atomic E-state index is 9.90. The van der Waals surface area contributed by atoms with E-state index < -0.39 is 0 Å². The Kier molecular flexibility index (Phi) is 5.73. The number of aliphatic hydroxyl groups is 1. The highest BCUT2D eigenvalue weighted by atomic mass is 16.5. The summed E-state index contributed by atoms with van der Waals surface area (Å²) in [5.41, 5.74) is -0.0657. The third kappa shape index (κ3) is 5.83. The van der Waals surface area contributed by atoms with E-state index in [-0.39, 0.29) is 17.7 Å². The van der Waals surface area contributed by atoms with E-state index in [0.29, 0.717) is 6.61 Å². The first kappa shape index (κ1) is 13.9. The largest absolute Gasteiger partial charge is 0.392 e. The van der Waals surface area contributed by atoms with Crippen LogP contribution in [0, 0.1) is 0 Å².